The van der Waals surface area contributed by atoms with E-state index in [0.29, 0.717) is 11.8 Å². The quantitative estimate of drug-likeness (QED) is 0.553. The fourth-order valence-electron chi connectivity index (χ4n) is 2.40. The molecule has 0 saturated heterocycles. The van der Waals surface area contributed by atoms with Gasteiger partial charge in [0, 0.05) is 11.8 Å². The zero-order chi connectivity index (χ0) is 8.22. The summed E-state index contributed by atoms with van der Waals surface area (Å²) in [6, 6.07) is 0. The van der Waals surface area contributed by atoms with Crippen molar-refractivity contribution in [2.24, 2.45) is 23.7 Å². The van der Waals surface area contributed by atoms with Gasteiger partial charge in [0.1, 0.15) is 0 Å². The summed E-state index contributed by atoms with van der Waals surface area (Å²) in [7, 11) is 0. The fraction of sp³-hybridized carbons (Fsp3) is 1.00. The summed E-state index contributed by atoms with van der Waals surface area (Å²) in [5.74, 6) is -1.58. The Labute approximate surface area is 66.0 Å². The maximum atomic E-state index is 12.7. The number of alkyl halides is 2. The van der Waals surface area contributed by atoms with E-state index >= 15 is 0 Å². The van der Waals surface area contributed by atoms with E-state index in [1.807, 2.05) is 0 Å². The Morgan fingerprint density at radius 1 is 1.18 bits per heavy atom. The third-order valence-electron chi connectivity index (χ3n) is 3.42. The molecule has 11 heavy (non-hydrogen) atoms. The number of fused-ring (bicyclic) bond motifs is 1. The van der Waals surface area contributed by atoms with E-state index in [-0.39, 0.29) is 11.8 Å². The largest absolute Gasteiger partial charge is 0.254 e. The average molecular weight is 160 g/mol. The molecule has 3 atom stereocenters. The van der Waals surface area contributed by atoms with Gasteiger partial charge in [-0.25, -0.2) is 8.78 Å². The van der Waals surface area contributed by atoms with Gasteiger partial charge in [-0.2, -0.15) is 0 Å². The molecule has 0 radical (unpaired) electrons. The van der Waals surface area contributed by atoms with Crippen molar-refractivity contribution in [3.05, 3.63) is 0 Å². The van der Waals surface area contributed by atoms with Crippen molar-refractivity contribution in [3.63, 3.8) is 0 Å². The number of hydrogen-bond acceptors (Lipinski definition) is 0. The van der Waals surface area contributed by atoms with Gasteiger partial charge < -0.3 is 0 Å². The highest BCUT2D eigenvalue weighted by Crippen LogP contribution is 2.66. The molecule has 0 unspecified atom stereocenters. The van der Waals surface area contributed by atoms with Crippen LogP contribution >= 0.6 is 0 Å². The number of halogens is 2. The predicted octanol–water partition coefficient (Wildman–Crippen LogP) is 2.93. The second-order valence-corrected chi connectivity index (χ2v) is 4.36. The van der Waals surface area contributed by atoms with E-state index in [1.54, 1.807) is 0 Å². The molecule has 0 aromatic carbocycles. The topological polar surface area (TPSA) is 0 Å². The molecule has 2 aliphatic rings. The Morgan fingerprint density at radius 2 is 1.64 bits per heavy atom. The van der Waals surface area contributed by atoms with E-state index in [2.05, 4.69) is 13.8 Å². The van der Waals surface area contributed by atoms with Crippen LogP contribution in [0.2, 0.25) is 0 Å². The minimum absolute atomic E-state index is 0.241. The molecule has 0 amide bonds. The summed E-state index contributed by atoms with van der Waals surface area (Å²) < 4.78 is 25.4. The van der Waals surface area contributed by atoms with Gasteiger partial charge >= 0.3 is 0 Å². The molecule has 2 aliphatic carbocycles. The summed E-state index contributed by atoms with van der Waals surface area (Å²) in [5, 5.41) is 0. The first kappa shape index (κ1) is 7.51. The predicted molar refractivity (Wildman–Crippen MR) is 39.5 cm³/mol. The van der Waals surface area contributed by atoms with E-state index in [9.17, 15) is 8.78 Å². The Kier molecular flexibility index (Phi) is 1.34. The molecule has 0 bridgehead atoms. The van der Waals surface area contributed by atoms with Gasteiger partial charge in [-0.1, -0.05) is 13.8 Å². The van der Waals surface area contributed by atoms with Crippen LogP contribution in [0.25, 0.3) is 0 Å². The lowest BCUT2D eigenvalue weighted by Gasteiger charge is -2.17. The van der Waals surface area contributed by atoms with Gasteiger partial charge in [-0.15, -0.1) is 0 Å². The summed E-state index contributed by atoms with van der Waals surface area (Å²) in [6.07, 6.45) is 1.55. The van der Waals surface area contributed by atoms with Crippen LogP contribution in [-0.2, 0) is 0 Å². The first-order valence-corrected chi connectivity index (χ1v) is 4.41. The fourth-order valence-corrected chi connectivity index (χ4v) is 2.40. The van der Waals surface area contributed by atoms with Gasteiger partial charge in [0.25, 0.3) is 5.92 Å². The minimum atomic E-state index is -2.27. The van der Waals surface area contributed by atoms with Crippen LogP contribution in [0, 0.1) is 23.7 Å². The van der Waals surface area contributed by atoms with E-state index in [0.717, 1.165) is 12.8 Å². The average Bonchev–Trinajstić information content (AvgIpc) is 2.28. The van der Waals surface area contributed by atoms with Gasteiger partial charge in [0.05, 0.1) is 0 Å². The molecule has 2 saturated carbocycles. The molecule has 0 spiro atoms. The lowest BCUT2D eigenvalue weighted by Crippen LogP contribution is -2.12. The molecule has 2 heteroatoms. The maximum absolute atomic E-state index is 12.7. The normalized spacial score (nSPS) is 46.1. The van der Waals surface area contributed by atoms with Crippen LogP contribution in [0.3, 0.4) is 0 Å². The van der Waals surface area contributed by atoms with E-state index in [4.69, 9.17) is 0 Å². The zero-order valence-electron chi connectivity index (χ0n) is 6.98. The Balaban J connectivity index is 1.95. The monoisotopic (exact) mass is 160 g/mol. The van der Waals surface area contributed by atoms with Crippen molar-refractivity contribution < 1.29 is 8.78 Å². The number of hydrogen-bond donors (Lipinski definition) is 0. The van der Waals surface area contributed by atoms with Crippen molar-refractivity contribution in [2.45, 2.75) is 32.6 Å². The lowest BCUT2D eigenvalue weighted by molar-refractivity contribution is 0.0591. The lowest BCUT2D eigenvalue weighted by atomic mass is 9.91. The summed E-state index contributed by atoms with van der Waals surface area (Å²) in [4.78, 5) is 0. The highest BCUT2D eigenvalue weighted by molar-refractivity contribution is 5.11. The van der Waals surface area contributed by atoms with Crippen LogP contribution < -0.4 is 0 Å². The van der Waals surface area contributed by atoms with Gasteiger partial charge in [-0.05, 0) is 24.7 Å². The third-order valence-corrected chi connectivity index (χ3v) is 3.42. The number of rotatable bonds is 1. The molecule has 0 nitrogen and oxygen atoms in total. The molecule has 0 aromatic heterocycles. The molecular weight excluding hydrogens is 146 g/mol. The third kappa shape index (κ3) is 0.911. The van der Waals surface area contributed by atoms with Crippen molar-refractivity contribution in [3.8, 4) is 0 Å². The zero-order valence-corrected chi connectivity index (χ0v) is 6.98. The van der Waals surface area contributed by atoms with Crippen molar-refractivity contribution >= 4 is 0 Å². The highest BCUT2D eigenvalue weighted by Gasteiger charge is 2.71. The first-order chi connectivity index (χ1) is 5.03. The SMILES string of the molecule is CC(C)[C@H]1C[C@@H]2[C@H](C1)C2(F)F. The van der Waals surface area contributed by atoms with Crippen molar-refractivity contribution in [1.82, 2.24) is 0 Å². The van der Waals surface area contributed by atoms with Crippen LogP contribution in [-0.4, -0.2) is 5.92 Å². The highest BCUT2D eigenvalue weighted by atomic mass is 19.3. The van der Waals surface area contributed by atoms with Crippen molar-refractivity contribution in [2.75, 3.05) is 0 Å². The second-order valence-electron chi connectivity index (χ2n) is 4.36. The maximum Gasteiger partial charge on any atom is 0.254 e. The second kappa shape index (κ2) is 1.96. The molecule has 2 rings (SSSR count). The summed E-state index contributed by atoms with van der Waals surface area (Å²) in [6.45, 7) is 4.27. The van der Waals surface area contributed by atoms with Crippen LogP contribution in [0.1, 0.15) is 26.7 Å². The molecule has 0 aromatic rings. The molecule has 0 N–H and O–H groups in total. The molecule has 0 aliphatic heterocycles. The van der Waals surface area contributed by atoms with Crippen LogP contribution in [0.15, 0.2) is 0 Å². The molecule has 2 fully saturated rings. The van der Waals surface area contributed by atoms with Gasteiger partial charge in [0.2, 0.25) is 0 Å². The minimum Gasteiger partial charge on any atom is -0.206 e. The summed E-state index contributed by atoms with van der Waals surface area (Å²) >= 11 is 0. The van der Waals surface area contributed by atoms with E-state index in [1.165, 1.54) is 0 Å². The van der Waals surface area contributed by atoms with Crippen molar-refractivity contribution in [1.29, 1.82) is 0 Å². The standard InChI is InChI=1S/C9H14F2/c1-5(2)6-3-7-8(4-6)9(7,10)11/h5-8H,3-4H2,1-2H3/t6-,7+,8-. The Bertz CT molecular complexity index is 160. The van der Waals surface area contributed by atoms with Gasteiger partial charge in [0.15, 0.2) is 0 Å². The Hall–Kier alpha value is -0.140. The first-order valence-electron chi connectivity index (χ1n) is 4.41. The van der Waals surface area contributed by atoms with Crippen LogP contribution in [0.5, 0.6) is 0 Å². The summed E-state index contributed by atoms with van der Waals surface area (Å²) in [5.41, 5.74) is 0. The van der Waals surface area contributed by atoms with Crippen LogP contribution in [0.4, 0.5) is 8.78 Å². The van der Waals surface area contributed by atoms with Gasteiger partial charge in [-0.3, -0.25) is 0 Å². The molecule has 64 valence electrons. The molecule has 0 heterocycles. The smallest absolute Gasteiger partial charge is 0.206 e. The Morgan fingerprint density at radius 3 is 2.00 bits per heavy atom. The van der Waals surface area contributed by atoms with E-state index < -0.39 is 5.92 Å². The molecular formula is C9H14F2.